The van der Waals surface area contributed by atoms with Gasteiger partial charge in [0.05, 0.1) is 34.4 Å². The molecule has 4 heterocycles. The van der Waals surface area contributed by atoms with Gasteiger partial charge in [0.1, 0.15) is 0 Å². The van der Waals surface area contributed by atoms with E-state index in [0.717, 1.165) is 22.1 Å². The molecule has 0 spiro atoms. The van der Waals surface area contributed by atoms with E-state index < -0.39 is 9.84 Å². The van der Waals surface area contributed by atoms with Gasteiger partial charge in [0.2, 0.25) is 5.89 Å². The number of hydrogen-bond acceptors (Lipinski definition) is 9. The molecule has 0 saturated carbocycles. The van der Waals surface area contributed by atoms with E-state index in [2.05, 4.69) is 15.2 Å². The standard InChI is InChI=1S/C19H22N4O4S3/c1-11-6-16(12(2)23(11)15-4-5-30(25,26)10-15)17(24)9-29-19-22-21-18(27-19)7-14-8-28-13(3)20-14/h6,8,15H,4-5,7,9-10H2,1-3H3/t15-/m1/s1. The second-order valence-electron chi connectivity index (χ2n) is 7.42. The minimum Gasteiger partial charge on any atom is -0.416 e. The predicted molar refractivity (Wildman–Crippen MR) is 115 cm³/mol. The number of thiazole rings is 1. The summed E-state index contributed by atoms with van der Waals surface area (Å²) in [6.45, 7) is 5.72. The number of carbonyl (C=O) groups is 1. The highest BCUT2D eigenvalue weighted by Crippen LogP contribution is 2.30. The highest BCUT2D eigenvalue weighted by Gasteiger charge is 2.31. The van der Waals surface area contributed by atoms with Crippen molar-refractivity contribution in [2.24, 2.45) is 0 Å². The largest absolute Gasteiger partial charge is 0.416 e. The molecule has 0 aromatic carbocycles. The number of rotatable bonds is 7. The van der Waals surface area contributed by atoms with Crippen LogP contribution < -0.4 is 0 Å². The van der Waals surface area contributed by atoms with Crippen molar-refractivity contribution in [1.82, 2.24) is 19.7 Å². The number of carbonyl (C=O) groups excluding carboxylic acids is 1. The van der Waals surface area contributed by atoms with Gasteiger partial charge in [-0.25, -0.2) is 13.4 Å². The fourth-order valence-corrected chi connectivity index (χ4v) is 6.79. The first-order chi connectivity index (χ1) is 14.2. The van der Waals surface area contributed by atoms with Crippen LogP contribution in [-0.4, -0.2) is 51.2 Å². The van der Waals surface area contributed by atoms with Gasteiger partial charge in [-0.1, -0.05) is 11.8 Å². The van der Waals surface area contributed by atoms with Gasteiger partial charge < -0.3 is 8.98 Å². The molecule has 0 unspecified atom stereocenters. The van der Waals surface area contributed by atoms with E-state index in [9.17, 15) is 13.2 Å². The van der Waals surface area contributed by atoms with E-state index in [0.29, 0.717) is 29.5 Å². The maximum atomic E-state index is 12.8. The van der Waals surface area contributed by atoms with E-state index in [1.807, 2.05) is 36.8 Å². The number of sulfone groups is 1. The number of nitrogens with zero attached hydrogens (tertiary/aromatic N) is 4. The zero-order valence-corrected chi connectivity index (χ0v) is 19.4. The lowest BCUT2D eigenvalue weighted by molar-refractivity contribution is 0.102. The summed E-state index contributed by atoms with van der Waals surface area (Å²) in [5.74, 6) is 0.930. The number of aryl methyl sites for hydroxylation is 2. The fraction of sp³-hybridized carbons (Fsp3) is 0.474. The van der Waals surface area contributed by atoms with Gasteiger partial charge in [0, 0.05) is 28.4 Å². The Kier molecular flexibility index (Phi) is 5.86. The Balaban J connectivity index is 1.41. The van der Waals surface area contributed by atoms with Gasteiger partial charge in [-0.2, -0.15) is 0 Å². The number of ketones is 1. The molecule has 1 saturated heterocycles. The SMILES string of the molecule is Cc1nc(Cc2nnc(SCC(=O)c3cc(C)n([C@@H]4CCS(=O)(=O)C4)c3C)o2)cs1. The molecule has 1 aliphatic rings. The lowest BCUT2D eigenvalue weighted by Crippen LogP contribution is -2.14. The Hall–Kier alpha value is -1.98. The molecular formula is C19H22N4O4S3. The molecule has 11 heteroatoms. The van der Waals surface area contributed by atoms with Crippen LogP contribution in [0.5, 0.6) is 0 Å². The molecule has 3 aromatic rings. The van der Waals surface area contributed by atoms with E-state index in [-0.39, 0.29) is 29.1 Å². The zero-order valence-electron chi connectivity index (χ0n) is 16.9. The maximum Gasteiger partial charge on any atom is 0.277 e. The van der Waals surface area contributed by atoms with Crippen molar-refractivity contribution in [2.75, 3.05) is 17.3 Å². The molecule has 1 atom stereocenters. The average molecular weight is 467 g/mol. The first-order valence-corrected chi connectivity index (χ1v) is 13.2. The maximum absolute atomic E-state index is 12.8. The zero-order chi connectivity index (χ0) is 21.5. The topological polar surface area (TPSA) is 108 Å². The van der Waals surface area contributed by atoms with E-state index in [1.165, 1.54) is 11.8 Å². The highest BCUT2D eigenvalue weighted by atomic mass is 32.2. The summed E-state index contributed by atoms with van der Waals surface area (Å²) in [6, 6.07) is 1.74. The van der Waals surface area contributed by atoms with Crippen LogP contribution in [0.4, 0.5) is 0 Å². The van der Waals surface area contributed by atoms with Gasteiger partial charge in [0.15, 0.2) is 15.6 Å². The lowest BCUT2D eigenvalue weighted by Gasteiger charge is -2.16. The summed E-state index contributed by atoms with van der Waals surface area (Å²) in [4.78, 5) is 17.2. The molecule has 8 nitrogen and oxygen atoms in total. The third kappa shape index (κ3) is 4.52. The molecule has 1 aliphatic heterocycles. The normalized spacial score (nSPS) is 18.2. The quantitative estimate of drug-likeness (QED) is 0.386. The molecule has 3 aromatic heterocycles. The summed E-state index contributed by atoms with van der Waals surface area (Å²) in [6.07, 6.45) is 1.06. The fourth-order valence-electron chi connectivity index (χ4n) is 3.82. The van der Waals surface area contributed by atoms with Crippen LogP contribution in [0, 0.1) is 20.8 Å². The van der Waals surface area contributed by atoms with Crippen LogP contribution in [0.3, 0.4) is 0 Å². The van der Waals surface area contributed by atoms with E-state index in [1.54, 1.807) is 11.3 Å². The molecule has 0 N–H and O–H groups in total. The Labute approximate surface area is 183 Å². The molecule has 1 fully saturated rings. The van der Waals surface area contributed by atoms with Crippen molar-refractivity contribution in [1.29, 1.82) is 0 Å². The molecule has 0 radical (unpaired) electrons. The number of Topliss-reactive ketones (excluding diaryl/α,β-unsaturated/α-hetero) is 1. The molecule has 0 bridgehead atoms. The van der Waals surface area contributed by atoms with Crippen LogP contribution in [0.25, 0.3) is 0 Å². The number of aromatic nitrogens is 4. The summed E-state index contributed by atoms with van der Waals surface area (Å²) >= 11 is 2.77. The average Bonchev–Trinajstić information content (AvgIpc) is 3.43. The molecule has 160 valence electrons. The van der Waals surface area contributed by atoms with Crippen molar-refractivity contribution >= 4 is 38.7 Å². The van der Waals surface area contributed by atoms with Crippen LogP contribution in [-0.2, 0) is 16.3 Å². The second kappa shape index (κ2) is 8.27. The van der Waals surface area contributed by atoms with Gasteiger partial charge in [-0.15, -0.1) is 21.5 Å². The van der Waals surface area contributed by atoms with Crippen LogP contribution >= 0.6 is 23.1 Å². The lowest BCUT2D eigenvalue weighted by atomic mass is 10.2. The first-order valence-electron chi connectivity index (χ1n) is 9.50. The smallest absolute Gasteiger partial charge is 0.277 e. The van der Waals surface area contributed by atoms with E-state index in [4.69, 9.17) is 4.42 Å². The van der Waals surface area contributed by atoms with Crippen molar-refractivity contribution in [2.45, 2.75) is 44.9 Å². The predicted octanol–water partition coefficient (Wildman–Crippen LogP) is 3.18. The van der Waals surface area contributed by atoms with Crippen LogP contribution in [0.2, 0.25) is 0 Å². The number of hydrogen-bond donors (Lipinski definition) is 0. The minimum atomic E-state index is -2.99. The first kappa shape index (κ1) is 21.3. The molecular weight excluding hydrogens is 444 g/mol. The van der Waals surface area contributed by atoms with Gasteiger partial charge in [-0.3, -0.25) is 4.79 Å². The highest BCUT2D eigenvalue weighted by molar-refractivity contribution is 7.99. The van der Waals surface area contributed by atoms with Crippen LogP contribution in [0.15, 0.2) is 21.1 Å². The van der Waals surface area contributed by atoms with Crippen molar-refractivity contribution in [3.05, 3.63) is 45.0 Å². The van der Waals surface area contributed by atoms with Gasteiger partial charge in [-0.05, 0) is 33.3 Å². The van der Waals surface area contributed by atoms with Gasteiger partial charge in [0.25, 0.3) is 5.22 Å². The van der Waals surface area contributed by atoms with Gasteiger partial charge >= 0.3 is 0 Å². The van der Waals surface area contributed by atoms with Crippen LogP contribution in [0.1, 0.15) is 50.8 Å². The summed E-state index contributed by atoms with van der Waals surface area (Å²) in [5.41, 5.74) is 3.21. The third-order valence-corrected chi connectivity index (χ3v) is 8.52. The Morgan fingerprint density at radius 2 is 2.13 bits per heavy atom. The van der Waals surface area contributed by atoms with Crippen molar-refractivity contribution < 1.29 is 17.6 Å². The summed E-state index contributed by atoms with van der Waals surface area (Å²) < 4.78 is 31.3. The Morgan fingerprint density at radius 3 is 2.80 bits per heavy atom. The molecule has 0 amide bonds. The minimum absolute atomic E-state index is 0.0462. The summed E-state index contributed by atoms with van der Waals surface area (Å²) in [7, 11) is -2.99. The monoisotopic (exact) mass is 466 g/mol. The second-order valence-corrected chi connectivity index (χ2v) is 11.6. The Bertz CT molecular complexity index is 1190. The molecule has 0 aliphatic carbocycles. The Morgan fingerprint density at radius 1 is 1.33 bits per heavy atom. The molecule has 4 rings (SSSR count). The summed E-state index contributed by atoms with van der Waals surface area (Å²) in [5, 5.41) is 11.3. The third-order valence-electron chi connectivity index (χ3n) is 5.13. The van der Waals surface area contributed by atoms with Crippen molar-refractivity contribution in [3.8, 4) is 0 Å². The number of thioether (sulfide) groups is 1. The van der Waals surface area contributed by atoms with E-state index >= 15 is 0 Å². The van der Waals surface area contributed by atoms with Crippen molar-refractivity contribution in [3.63, 3.8) is 0 Å². The molecule has 30 heavy (non-hydrogen) atoms.